The molecule has 3 rings (SSSR count). The quantitative estimate of drug-likeness (QED) is 0.824. The molecule has 22 heavy (non-hydrogen) atoms. The van der Waals surface area contributed by atoms with Gasteiger partial charge in [-0.1, -0.05) is 18.2 Å². The van der Waals surface area contributed by atoms with Gasteiger partial charge in [0.2, 0.25) is 11.8 Å². The first-order valence-corrected chi connectivity index (χ1v) is 7.91. The maximum atomic E-state index is 12.4. The van der Waals surface area contributed by atoms with Crippen LogP contribution in [0.5, 0.6) is 0 Å². The number of carbonyl (C=O) groups excluding carboxylic acids is 2. The molecule has 2 aliphatic rings. The van der Waals surface area contributed by atoms with E-state index in [1.165, 1.54) is 5.69 Å². The number of amides is 2. The monoisotopic (exact) mass is 301 g/mol. The summed E-state index contributed by atoms with van der Waals surface area (Å²) in [5, 5.41) is 5.69. The number of rotatable bonds is 4. The van der Waals surface area contributed by atoms with E-state index < -0.39 is 5.41 Å². The van der Waals surface area contributed by atoms with E-state index in [0.717, 1.165) is 13.0 Å². The number of anilines is 1. The Morgan fingerprint density at radius 3 is 2.45 bits per heavy atom. The number of benzene rings is 1. The summed E-state index contributed by atoms with van der Waals surface area (Å²) in [6.45, 7) is 2.96. The SMILES string of the molecule is CNC(=O)C1(C(=O)NC2CC(C)N(c3ccccc3)C2)CC1. The van der Waals surface area contributed by atoms with Gasteiger partial charge in [0, 0.05) is 31.4 Å². The van der Waals surface area contributed by atoms with Gasteiger partial charge < -0.3 is 15.5 Å². The minimum atomic E-state index is -0.807. The Hall–Kier alpha value is -2.04. The Kier molecular flexibility index (Phi) is 3.81. The maximum absolute atomic E-state index is 12.4. The minimum Gasteiger partial charge on any atom is -0.367 e. The van der Waals surface area contributed by atoms with Crippen molar-refractivity contribution in [2.45, 2.75) is 38.3 Å². The lowest BCUT2D eigenvalue weighted by Crippen LogP contribution is -2.46. The maximum Gasteiger partial charge on any atom is 0.235 e. The normalized spacial score (nSPS) is 25.6. The van der Waals surface area contributed by atoms with Crippen LogP contribution in [-0.2, 0) is 9.59 Å². The van der Waals surface area contributed by atoms with Crippen molar-refractivity contribution in [2.24, 2.45) is 5.41 Å². The predicted octanol–water partition coefficient (Wildman–Crippen LogP) is 1.30. The van der Waals surface area contributed by atoms with Crippen LogP contribution in [0, 0.1) is 5.41 Å². The number of hydrogen-bond acceptors (Lipinski definition) is 3. The van der Waals surface area contributed by atoms with Crippen molar-refractivity contribution >= 4 is 17.5 Å². The van der Waals surface area contributed by atoms with E-state index in [-0.39, 0.29) is 17.9 Å². The second kappa shape index (κ2) is 5.63. The molecular formula is C17H23N3O2. The molecule has 5 heteroatoms. The number of hydrogen-bond donors (Lipinski definition) is 2. The van der Waals surface area contributed by atoms with Crippen LogP contribution in [0.3, 0.4) is 0 Å². The Labute approximate surface area is 131 Å². The van der Waals surface area contributed by atoms with Crippen LogP contribution < -0.4 is 15.5 Å². The smallest absolute Gasteiger partial charge is 0.235 e. The summed E-state index contributed by atoms with van der Waals surface area (Å²) in [6, 6.07) is 10.7. The van der Waals surface area contributed by atoms with Crippen LogP contribution in [0.15, 0.2) is 30.3 Å². The van der Waals surface area contributed by atoms with Gasteiger partial charge in [-0.15, -0.1) is 0 Å². The molecule has 5 nitrogen and oxygen atoms in total. The molecule has 118 valence electrons. The minimum absolute atomic E-state index is 0.102. The van der Waals surface area contributed by atoms with Gasteiger partial charge in [-0.25, -0.2) is 0 Å². The van der Waals surface area contributed by atoms with Crippen LogP contribution >= 0.6 is 0 Å². The highest BCUT2D eigenvalue weighted by molar-refractivity contribution is 6.07. The van der Waals surface area contributed by atoms with Crippen molar-refractivity contribution in [2.75, 3.05) is 18.5 Å². The first kappa shape index (κ1) is 14.9. The Morgan fingerprint density at radius 2 is 1.86 bits per heavy atom. The van der Waals surface area contributed by atoms with E-state index in [2.05, 4.69) is 34.6 Å². The first-order chi connectivity index (χ1) is 10.6. The van der Waals surface area contributed by atoms with Crippen molar-refractivity contribution in [1.82, 2.24) is 10.6 Å². The van der Waals surface area contributed by atoms with Gasteiger partial charge in [-0.05, 0) is 38.3 Å². The van der Waals surface area contributed by atoms with Gasteiger partial charge in [0.15, 0.2) is 0 Å². The molecule has 0 radical (unpaired) electrons. The van der Waals surface area contributed by atoms with Gasteiger partial charge in [-0.3, -0.25) is 9.59 Å². The van der Waals surface area contributed by atoms with Crippen molar-refractivity contribution in [1.29, 1.82) is 0 Å². The average molecular weight is 301 g/mol. The average Bonchev–Trinajstić information content (AvgIpc) is 3.27. The lowest BCUT2D eigenvalue weighted by Gasteiger charge is -2.23. The van der Waals surface area contributed by atoms with E-state index in [1.54, 1.807) is 7.05 Å². The standard InChI is InChI=1S/C17H23N3O2/c1-12-10-13(11-20(12)14-6-4-3-5-7-14)19-16(22)17(8-9-17)15(21)18-2/h3-7,12-13H,8-11H2,1-2H3,(H,18,21)(H,19,22). The van der Waals surface area contributed by atoms with E-state index in [0.29, 0.717) is 18.9 Å². The van der Waals surface area contributed by atoms with Gasteiger partial charge in [0.1, 0.15) is 5.41 Å². The highest BCUT2D eigenvalue weighted by Crippen LogP contribution is 2.46. The summed E-state index contributed by atoms with van der Waals surface area (Å²) in [7, 11) is 1.59. The molecule has 0 spiro atoms. The van der Waals surface area contributed by atoms with Crippen molar-refractivity contribution < 1.29 is 9.59 Å². The van der Waals surface area contributed by atoms with Gasteiger partial charge in [-0.2, -0.15) is 0 Å². The highest BCUT2D eigenvalue weighted by Gasteiger charge is 2.56. The summed E-state index contributed by atoms with van der Waals surface area (Å²) < 4.78 is 0. The number of carbonyl (C=O) groups is 2. The third kappa shape index (κ3) is 2.56. The molecular weight excluding hydrogens is 278 g/mol. The van der Waals surface area contributed by atoms with E-state index in [4.69, 9.17) is 0 Å². The van der Waals surface area contributed by atoms with Gasteiger partial charge >= 0.3 is 0 Å². The fraction of sp³-hybridized carbons (Fsp3) is 0.529. The van der Waals surface area contributed by atoms with Crippen LogP contribution in [0.4, 0.5) is 5.69 Å². The zero-order valence-corrected chi connectivity index (χ0v) is 13.1. The largest absolute Gasteiger partial charge is 0.367 e. The van der Waals surface area contributed by atoms with Gasteiger partial charge in [0.05, 0.1) is 0 Å². The second-order valence-electron chi connectivity index (χ2n) is 6.40. The summed E-state index contributed by atoms with van der Waals surface area (Å²) in [6.07, 6.45) is 2.22. The fourth-order valence-corrected chi connectivity index (χ4v) is 3.36. The zero-order chi connectivity index (χ0) is 15.7. The molecule has 2 unspecified atom stereocenters. The Balaban J connectivity index is 1.63. The van der Waals surface area contributed by atoms with E-state index in [1.807, 2.05) is 18.2 Å². The third-order valence-electron chi connectivity index (χ3n) is 4.84. The third-order valence-corrected chi connectivity index (χ3v) is 4.84. The molecule has 1 heterocycles. The predicted molar refractivity (Wildman–Crippen MR) is 85.5 cm³/mol. The number of nitrogens with zero attached hydrogens (tertiary/aromatic N) is 1. The van der Waals surface area contributed by atoms with Gasteiger partial charge in [0.25, 0.3) is 0 Å². The topological polar surface area (TPSA) is 61.4 Å². The highest BCUT2D eigenvalue weighted by atomic mass is 16.2. The number of nitrogens with one attached hydrogen (secondary N) is 2. The molecule has 1 saturated carbocycles. The van der Waals surface area contributed by atoms with E-state index >= 15 is 0 Å². The zero-order valence-electron chi connectivity index (χ0n) is 13.1. The second-order valence-corrected chi connectivity index (χ2v) is 6.40. The van der Waals surface area contributed by atoms with Crippen LogP contribution in [0.1, 0.15) is 26.2 Å². The van der Waals surface area contributed by atoms with Crippen molar-refractivity contribution in [3.8, 4) is 0 Å². The molecule has 1 aromatic rings. The van der Waals surface area contributed by atoms with Crippen LogP contribution in [0.2, 0.25) is 0 Å². The molecule has 1 aliphatic heterocycles. The Morgan fingerprint density at radius 1 is 1.18 bits per heavy atom. The molecule has 2 fully saturated rings. The molecule has 1 aliphatic carbocycles. The summed E-state index contributed by atoms with van der Waals surface area (Å²) in [5.41, 5.74) is 0.372. The molecule has 2 N–H and O–H groups in total. The fourth-order valence-electron chi connectivity index (χ4n) is 3.36. The molecule has 1 saturated heterocycles. The number of para-hydroxylation sites is 1. The molecule has 2 atom stereocenters. The van der Waals surface area contributed by atoms with Crippen LogP contribution in [0.25, 0.3) is 0 Å². The van der Waals surface area contributed by atoms with E-state index in [9.17, 15) is 9.59 Å². The van der Waals surface area contributed by atoms with Crippen molar-refractivity contribution in [3.63, 3.8) is 0 Å². The summed E-state index contributed by atoms with van der Waals surface area (Å²) in [5.74, 6) is -0.269. The lowest BCUT2D eigenvalue weighted by atomic mass is 10.0. The first-order valence-electron chi connectivity index (χ1n) is 7.91. The Bertz CT molecular complexity index is 569. The molecule has 0 bridgehead atoms. The summed E-state index contributed by atoms with van der Waals surface area (Å²) >= 11 is 0. The molecule has 0 aromatic heterocycles. The molecule has 1 aromatic carbocycles. The molecule has 2 amide bonds. The lowest BCUT2D eigenvalue weighted by molar-refractivity contribution is -0.137. The van der Waals surface area contributed by atoms with Crippen molar-refractivity contribution in [3.05, 3.63) is 30.3 Å². The van der Waals surface area contributed by atoms with Crippen LogP contribution in [-0.4, -0.2) is 37.5 Å². The summed E-state index contributed by atoms with van der Waals surface area (Å²) in [4.78, 5) is 26.6.